The van der Waals surface area contributed by atoms with E-state index in [1.807, 2.05) is 0 Å². The minimum atomic E-state index is -2.27. The Hall–Kier alpha value is -1.79. The van der Waals surface area contributed by atoms with Gasteiger partial charge in [0.05, 0.1) is 0 Å². The first kappa shape index (κ1) is 24.2. The van der Waals surface area contributed by atoms with Crippen LogP contribution < -0.4 is 0 Å². The molecular formula is C8H12NiO12. The summed E-state index contributed by atoms with van der Waals surface area (Å²) in [6.07, 6.45) is -9.06. The van der Waals surface area contributed by atoms with Crippen molar-refractivity contribution in [3.63, 3.8) is 0 Å². The molecular weight excluding hydrogens is 347 g/mol. The zero-order chi connectivity index (χ0) is 16.6. The Labute approximate surface area is 125 Å². The monoisotopic (exact) mass is 358 g/mol. The summed E-state index contributed by atoms with van der Waals surface area (Å²) in [5, 5.41) is 65.1. The Morgan fingerprint density at radius 3 is 0.619 bits per heavy atom. The number of hydrogen-bond acceptors (Lipinski definition) is 8. The molecule has 0 saturated carbocycles. The molecule has 0 amide bonds. The van der Waals surface area contributed by atoms with Gasteiger partial charge in [-0.2, -0.15) is 0 Å². The quantitative estimate of drug-likeness (QED) is 0.211. The number of rotatable bonds is 6. The molecule has 0 aliphatic heterocycles. The molecule has 8 N–H and O–H groups in total. The number of carbonyl (C=O) groups is 4. The summed E-state index contributed by atoms with van der Waals surface area (Å²) < 4.78 is 0. The molecule has 13 heteroatoms. The van der Waals surface area contributed by atoms with Crippen molar-refractivity contribution in [1.82, 2.24) is 0 Å². The topological polar surface area (TPSA) is 230 Å². The van der Waals surface area contributed by atoms with Gasteiger partial charge in [-0.05, 0) is 0 Å². The molecule has 0 bridgehead atoms. The van der Waals surface area contributed by atoms with Gasteiger partial charge in [0, 0.05) is 16.5 Å². The van der Waals surface area contributed by atoms with E-state index < -0.39 is 48.3 Å². The Morgan fingerprint density at radius 2 is 0.571 bits per heavy atom. The van der Waals surface area contributed by atoms with Gasteiger partial charge in [0.1, 0.15) is 0 Å². The molecule has 0 spiro atoms. The molecule has 0 aromatic carbocycles. The van der Waals surface area contributed by atoms with Crippen molar-refractivity contribution in [3.8, 4) is 0 Å². The van der Waals surface area contributed by atoms with Crippen LogP contribution in [0.25, 0.3) is 0 Å². The molecule has 0 rings (SSSR count). The number of aliphatic hydroxyl groups excluding tert-OH is 4. The predicted octanol–water partition coefficient (Wildman–Crippen LogP) is -4.25. The Morgan fingerprint density at radius 1 is 0.476 bits per heavy atom. The molecule has 0 saturated heterocycles. The predicted molar refractivity (Wildman–Crippen MR) is 54.6 cm³/mol. The summed E-state index contributed by atoms with van der Waals surface area (Å²) in [6, 6.07) is 0. The SMILES string of the molecule is O=C(O)C(O)C(O)C(=O)O.O=C(O)C(O)C(O)C(=O)O.[Ni]. The van der Waals surface area contributed by atoms with Crippen LogP contribution in [0.5, 0.6) is 0 Å². The number of carboxylic acids is 4. The summed E-state index contributed by atoms with van der Waals surface area (Å²) in [4.78, 5) is 39.1. The van der Waals surface area contributed by atoms with Crippen molar-refractivity contribution in [2.75, 3.05) is 0 Å². The average molecular weight is 359 g/mol. The molecule has 4 unspecified atom stereocenters. The normalized spacial score (nSPS) is 15.0. The maximum absolute atomic E-state index is 9.77. The summed E-state index contributed by atoms with van der Waals surface area (Å²) >= 11 is 0. The molecule has 0 heterocycles. The fourth-order valence-electron chi connectivity index (χ4n) is 0.540. The van der Waals surface area contributed by atoms with Crippen LogP contribution in [0.15, 0.2) is 0 Å². The van der Waals surface area contributed by atoms with Crippen LogP contribution >= 0.6 is 0 Å². The maximum atomic E-state index is 9.77. The molecule has 0 aliphatic rings. The van der Waals surface area contributed by atoms with E-state index in [9.17, 15) is 19.2 Å². The van der Waals surface area contributed by atoms with Gasteiger partial charge in [-0.3, -0.25) is 0 Å². The number of hydrogen-bond donors (Lipinski definition) is 8. The molecule has 126 valence electrons. The first-order valence-electron chi connectivity index (χ1n) is 4.57. The van der Waals surface area contributed by atoms with Crippen LogP contribution in [0.3, 0.4) is 0 Å². The van der Waals surface area contributed by atoms with Crippen molar-refractivity contribution < 1.29 is 76.5 Å². The van der Waals surface area contributed by atoms with E-state index in [-0.39, 0.29) is 16.5 Å². The fourth-order valence-corrected chi connectivity index (χ4v) is 0.540. The second-order valence-corrected chi connectivity index (χ2v) is 3.13. The standard InChI is InChI=1S/2C4H6O6.Ni/c2*5-1(3(7)8)2(6)4(9)10;/h2*1-2,5-6H,(H,7,8)(H,9,10);. The summed E-state index contributed by atoms with van der Waals surface area (Å²) in [7, 11) is 0. The molecule has 0 radical (unpaired) electrons. The van der Waals surface area contributed by atoms with Crippen molar-refractivity contribution >= 4 is 23.9 Å². The van der Waals surface area contributed by atoms with Gasteiger partial charge in [0.25, 0.3) is 0 Å². The maximum Gasteiger partial charge on any atom is 0.335 e. The molecule has 0 aromatic heterocycles. The van der Waals surface area contributed by atoms with E-state index in [4.69, 9.17) is 40.9 Å². The van der Waals surface area contributed by atoms with Crippen molar-refractivity contribution in [2.45, 2.75) is 24.4 Å². The van der Waals surface area contributed by atoms with Gasteiger partial charge >= 0.3 is 23.9 Å². The van der Waals surface area contributed by atoms with Crippen LogP contribution in [0.4, 0.5) is 0 Å². The minimum absolute atomic E-state index is 0. The van der Waals surface area contributed by atoms with Crippen LogP contribution in [0.1, 0.15) is 0 Å². The van der Waals surface area contributed by atoms with Gasteiger partial charge in [0.2, 0.25) is 0 Å². The molecule has 0 aliphatic carbocycles. The van der Waals surface area contributed by atoms with Crippen molar-refractivity contribution in [2.24, 2.45) is 0 Å². The molecule has 0 fully saturated rings. The molecule has 4 atom stereocenters. The summed E-state index contributed by atoms with van der Waals surface area (Å²) in [5.74, 6) is -7.07. The van der Waals surface area contributed by atoms with Crippen molar-refractivity contribution in [3.05, 3.63) is 0 Å². The first-order chi connectivity index (χ1) is 8.93. The van der Waals surface area contributed by atoms with E-state index in [0.29, 0.717) is 0 Å². The summed E-state index contributed by atoms with van der Waals surface area (Å²) in [5.41, 5.74) is 0. The number of aliphatic hydroxyl groups is 4. The largest absolute Gasteiger partial charge is 0.479 e. The van der Waals surface area contributed by atoms with E-state index in [1.54, 1.807) is 0 Å². The van der Waals surface area contributed by atoms with Crippen LogP contribution in [-0.4, -0.2) is 89.1 Å². The number of carboxylic acid groups (broad SMARTS) is 4. The van der Waals surface area contributed by atoms with E-state index in [0.717, 1.165) is 0 Å². The molecule has 12 nitrogen and oxygen atoms in total. The van der Waals surface area contributed by atoms with Gasteiger partial charge in [-0.15, -0.1) is 0 Å². The smallest absolute Gasteiger partial charge is 0.335 e. The molecule has 21 heavy (non-hydrogen) atoms. The fraction of sp³-hybridized carbons (Fsp3) is 0.500. The Bertz CT molecular complexity index is 309. The number of aliphatic carboxylic acids is 4. The Kier molecular flexibility index (Phi) is 12.6. The average Bonchev–Trinajstić information content (AvgIpc) is 2.35. The van der Waals surface area contributed by atoms with E-state index in [1.165, 1.54) is 0 Å². The molecule has 0 aromatic rings. The third-order valence-corrected chi connectivity index (χ3v) is 1.61. The zero-order valence-corrected chi connectivity index (χ0v) is 10.8. The Balaban J connectivity index is -0.000000295. The zero-order valence-electron chi connectivity index (χ0n) is 9.84. The van der Waals surface area contributed by atoms with Gasteiger partial charge in [-0.1, -0.05) is 0 Å². The van der Waals surface area contributed by atoms with Crippen LogP contribution in [0.2, 0.25) is 0 Å². The van der Waals surface area contributed by atoms with Gasteiger partial charge in [0.15, 0.2) is 24.4 Å². The third-order valence-electron chi connectivity index (χ3n) is 1.61. The van der Waals surface area contributed by atoms with E-state index in [2.05, 4.69) is 0 Å². The van der Waals surface area contributed by atoms with Gasteiger partial charge in [-0.25, -0.2) is 19.2 Å². The van der Waals surface area contributed by atoms with Crippen molar-refractivity contribution in [1.29, 1.82) is 0 Å². The second kappa shape index (κ2) is 10.9. The van der Waals surface area contributed by atoms with E-state index >= 15 is 0 Å². The first-order valence-corrected chi connectivity index (χ1v) is 4.57. The minimum Gasteiger partial charge on any atom is -0.479 e. The second-order valence-electron chi connectivity index (χ2n) is 3.13. The summed E-state index contributed by atoms with van der Waals surface area (Å²) in [6.45, 7) is 0. The van der Waals surface area contributed by atoms with Crippen LogP contribution in [-0.2, 0) is 35.7 Å². The van der Waals surface area contributed by atoms with Crippen LogP contribution in [0, 0.1) is 0 Å². The van der Waals surface area contributed by atoms with Gasteiger partial charge < -0.3 is 40.9 Å². The third kappa shape index (κ3) is 9.70.